The number of nitrogens with two attached hydrogens (primary N) is 1. The lowest BCUT2D eigenvalue weighted by Crippen LogP contribution is -2.45. The quantitative estimate of drug-likeness (QED) is 0.0671. The van der Waals surface area contributed by atoms with E-state index in [1.807, 2.05) is 13.8 Å². The highest BCUT2D eigenvalue weighted by Crippen LogP contribution is 2.49. The van der Waals surface area contributed by atoms with E-state index < -0.39 is 50.4 Å². The van der Waals surface area contributed by atoms with E-state index in [2.05, 4.69) is 25.2 Å². The Morgan fingerprint density at radius 3 is 2.67 bits per heavy atom. The lowest BCUT2D eigenvalue weighted by molar-refractivity contribution is -0.146. The van der Waals surface area contributed by atoms with Gasteiger partial charge < -0.3 is 29.9 Å². The number of aliphatic hydroxyl groups excluding tert-OH is 2. The first kappa shape index (κ1) is 32.2. The Balaban J connectivity index is 1.58. The van der Waals surface area contributed by atoms with Crippen LogP contribution in [0.4, 0.5) is 5.82 Å². The molecule has 3 aromatic rings. The summed E-state index contributed by atoms with van der Waals surface area (Å²) in [5.41, 5.74) is 13.7. The van der Waals surface area contributed by atoms with Gasteiger partial charge in [-0.25, -0.2) is 14.1 Å². The fourth-order valence-electron chi connectivity index (χ4n) is 4.55. The summed E-state index contributed by atoms with van der Waals surface area (Å²) in [5, 5.41) is 32.3. The first-order chi connectivity index (χ1) is 20.6. The molecule has 232 valence electrons. The highest BCUT2D eigenvalue weighted by Gasteiger charge is 2.56. The van der Waals surface area contributed by atoms with Crippen molar-refractivity contribution in [2.45, 2.75) is 63.7 Å². The minimum absolute atomic E-state index is 0.136. The van der Waals surface area contributed by atoms with Gasteiger partial charge in [-0.15, -0.1) is 0 Å². The number of esters is 1. The number of ether oxygens (including phenoxy) is 2. The van der Waals surface area contributed by atoms with Crippen LogP contribution in [0.15, 0.2) is 53.9 Å². The maximum absolute atomic E-state index is 14.0. The Bertz CT molecular complexity index is 1500. The van der Waals surface area contributed by atoms with Crippen molar-refractivity contribution in [3.63, 3.8) is 0 Å². The number of anilines is 1. The number of hydrogen-bond donors (Lipinski definition) is 4. The average Bonchev–Trinajstić information content (AvgIpc) is 3.53. The number of benzene rings is 1. The van der Waals surface area contributed by atoms with Crippen LogP contribution >= 0.6 is 7.75 Å². The molecule has 0 spiro atoms. The summed E-state index contributed by atoms with van der Waals surface area (Å²) in [6.45, 7) is 4.74. The predicted octanol–water partition coefficient (Wildman–Crippen LogP) is 3.27. The smallest absolute Gasteiger partial charge is 0.459 e. The van der Waals surface area contributed by atoms with Crippen molar-refractivity contribution in [3.8, 4) is 5.75 Å². The SMILES string of the molecule is CCC(CC)COC(=O)C(C)NP(=O)(OC[C@]1(N=[N+]=[N-])O[C@@H](c2ccc3c(N)ncnn23)[C@H](O)[C@@H]1O)Oc1ccccc1. The predicted molar refractivity (Wildman–Crippen MR) is 153 cm³/mol. The fraction of sp³-hybridized carbons (Fsp3) is 0.500. The van der Waals surface area contributed by atoms with Crippen LogP contribution in [-0.4, -0.2) is 68.0 Å². The number of nitrogen functional groups attached to an aromatic ring is 1. The van der Waals surface area contributed by atoms with Crippen LogP contribution < -0.4 is 15.3 Å². The summed E-state index contributed by atoms with van der Waals surface area (Å²) >= 11 is 0. The van der Waals surface area contributed by atoms with Crippen LogP contribution in [0.5, 0.6) is 5.75 Å². The summed E-state index contributed by atoms with van der Waals surface area (Å²) in [4.78, 5) is 19.4. The van der Waals surface area contributed by atoms with Gasteiger partial charge in [-0.3, -0.25) is 9.32 Å². The second kappa shape index (κ2) is 13.7. The topological polar surface area (TPSA) is 229 Å². The standard InChI is InChI=1S/C26H35N8O8P/c1-4-17(5-2)13-39-25(37)16(3)31-43(38,42-18-9-7-6-8-10-18)40-14-26(32-33-28)23(36)21(35)22(41-26)19-11-12-20-24(27)29-15-30-34(19)20/h6-12,15-17,21-23,35-36H,4-5,13-14H2,1-3H3,(H,31,38)(H2,27,29,30)/t16?,21-,22-,23-,26-,43?/m0/s1. The Kier molecular flexibility index (Phi) is 10.2. The van der Waals surface area contributed by atoms with Gasteiger partial charge in [0.05, 0.1) is 18.9 Å². The second-order valence-electron chi connectivity index (χ2n) is 10.0. The molecular formula is C26H35N8O8P. The summed E-state index contributed by atoms with van der Waals surface area (Å²) in [7, 11) is -4.45. The van der Waals surface area contributed by atoms with Gasteiger partial charge in [0, 0.05) is 4.91 Å². The minimum atomic E-state index is -4.45. The molecule has 6 atom stereocenters. The normalized spacial score (nSPS) is 23.9. The third-order valence-corrected chi connectivity index (χ3v) is 8.80. The summed E-state index contributed by atoms with van der Waals surface area (Å²) < 4.78 is 38.0. The number of para-hydroxylation sites is 1. The van der Waals surface area contributed by atoms with E-state index >= 15 is 0 Å². The van der Waals surface area contributed by atoms with Crippen molar-refractivity contribution in [3.05, 3.63) is 64.9 Å². The largest absolute Gasteiger partial charge is 0.464 e. The van der Waals surface area contributed by atoms with Gasteiger partial charge in [-0.05, 0) is 42.6 Å². The third-order valence-electron chi connectivity index (χ3n) is 7.17. The third kappa shape index (κ3) is 7.08. The molecule has 0 radical (unpaired) electrons. The van der Waals surface area contributed by atoms with Crippen molar-refractivity contribution >= 4 is 25.1 Å². The molecule has 4 rings (SSSR count). The van der Waals surface area contributed by atoms with Gasteiger partial charge in [-0.2, -0.15) is 10.2 Å². The molecule has 17 heteroatoms. The number of hydrogen-bond acceptors (Lipinski definition) is 12. The Morgan fingerprint density at radius 1 is 1.28 bits per heavy atom. The lowest BCUT2D eigenvalue weighted by Gasteiger charge is -2.29. The molecule has 2 aromatic heterocycles. The number of aromatic nitrogens is 3. The summed E-state index contributed by atoms with van der Waals surface area (Å²) in [6, 6.07) is 10.0. The Hall–Kier alpha value is -3.75. The van der Waals surface area contributed by atoms with Crippen LogP contribution in [0.25, 0.3) is 16.0 Å². The number of nitrogens with zero attached hydrogens (tertiary/aromatic N) is 6. The molecule has 0 bridgehead atoms. The van der Waals surface area contributed by atoms with E-state index in [1.165, 1.54) is 29.9 Å². The van der Waals surface area contributed by atoms with Crippen molar-refractivity contribution in [1.29, 1.82) is 0 Å². The first-order valence-corrected chi connectivity index (χ1v) is 15.2. The fourth-order valence-corrected chi connectivity index (χ4v) is 6.06. The number of aliphatic hydroxyl groups is 2. The number of fused-ring (bicyclic) bond motifs is 1. The molecule has 0 amide bonds. The maximum Gasteiger partial charge on any atom is 0.459 e. The molecule has 0 aliphatic carbocycles. The molecule has 1 aromatic carbocycles. The number of nitrogens with one attached hydrogen (secondary N) is 1. The van der Waals surface area contributed by atoms with Gasteiger partial charge >= 0.3 is 13.7 Å². The zero-order valence-corrected chi connectivity index (χ0v) is 24.8. The molecule has 0 saturated carbocycles. The molecule has 16 nitrogen and oxygen atoms in total. The number of carbonyl (C=O) groups excluding carboxylic acids is 1. The minimum Gasteiger partial charge on any atom is -0.464 e. The van der Waals surface area contributed by atoms with E-state index in [0.717, 1.165) is 12.8 Å². The lowest BCUT2D eigenvalue weighted by atomic mass is 10.0. The van der Waals surface area contributed by atoms with Crippen molar-refractivity contribution in [2.75, 3.05) is 18.9 Å². The molecule has 1 fully saturated rings. The Morgan fingerprint density at radius 2 is 2.00 bits per heavy atom. The van der Waals surface area contributed by atoms with E-state index in [0.29, 0.717) is 5.52 Å². The first-order valence-electron chi connectivity index (χ1n) is 13.7. The zero-order chi connectivity index (χ0) is 31.2. The van der Waals surface area contributed by atoms with E-state index in [-0.39, 0.29) is 29.8 Å². The number of carbonyl (C=O) groups is 1. The molecular weight excluding hydrogens is 583 g/mol. The molecule has 3 heterocycles. The van der Waals surface area contributed by atoms with E-state index in [9.17, 15) is 25.1 Å². The van der Waals surface area contributed by atoms with Crippen molar-refractivity contribution in [1.82, 2.24) is 19.7 Å². The molecule has 1 saturated heterocycles. The molecule has 1 aliphatic rings. The maximum atomic E-state index is 14.0. The van der Waals surface area contributed by atoms with E-state index in [4.69, 9.17) is 24.3 Å². The monoisotopic (exact) mass is 618 g/mol. The zero-order valence-electron chi connectivity index (χ0n) is 23.9. The van der Waals surface area contributed by atoms with Gasteiger partial charge in [0.25, 0.3) is 0 Å². The molecule has 1 aliphatic heterocycles. The van der Waals surface area contributed by atoms with Gasteiger partial charge in [-0.1, -0.05) is 50.0 Å². The van der Waals surface area contributed by atoms with Crippen LogP contribution in [0.3, 0.4) is 0 Å². The molecule has 5 N–H and O–H groups in total. The highest BCUT2D eigenvalue weighted by molar-refractivity contribution is 7.52. The number of azide groups is 1. The summed E-state index contributed by atoms with van der Waals surface area (Å²) in [6.07, 6.45) is -1.91. The summed E-state index contributed by atoms with van der Waals surface area (Å²) in [5.74, 6) is -0.219. The van der Waals surface area contributed by atoms with Gasteiger partial charge in [0.1, 0.15) is 41.9 Å². The van der Waals surface area contributed by atoms with Crippen LogP contribution in [0.2, 0.25) is 0 Å². The molecule has 2 unspecified atom stereocenters. The van der Waals surface area contributed by atoms with Crippen molar-refractivity contribution < 1.29 is 38.1 Å². The molecule has 43 heavy (non-hydrogen) atoms. The van der Waals surface area contributed by atoms with Gasteiger partial charge in [0.2, 0.25) is 0 Å². The van der Waals surface area contributed by atoms with Crippen LogP contribution in [0, 0.1) is 5.92 Å². The highest BCUT2D eigenvalue weighted by atomic mass is 31.2. The van der Waals surface area contributed by atoms with Crippen LogP contribution in [0.1, 0.15) is 45.4 Å². The second-order valence-corrected chi connectivity index (χ2v) is 11.7. The van der Waals surface area contributed by atoms with Crippen molar-refractivity contribution in [2.24, 2.45) is 11.0 Å². The number of rotatable bonds is 14. The van der Waals surface area contributed by atoms with Crippen LogP contribution in [-0.2, 0) is 23.4 Å². The average molecular weight is 619 g/mol. The van der Waals surface area contributed by atoms with E-state index in [1.54, 1.807) is 30.3 Å². The van der Waals surface area contributed by atoms with Gasteiger partial charge in [0.15, 0.2) is 11.5 Å². The Labute approximate surface area is 247 Å².